The first kappa shape index (κ1) is 16.0. The highest BCUT2D eigenvalue weighted by Crippen LogP contribution is 2.17. The molecule has 6 nitrogen and oxygen atoms in total. The van der Waals surface area contributed by atoms with Crippen LogP contribution >= 0.6 is 0 Å². The molecule has 2 N–H and O–H groups in total. The predicted octanol–water partition coefficient (Wildman–Crippen LogP) is 1.45. The van der Waals surface area contributed by atoms with E-state index < -0.39 is 11.9 Å². The summed E-state index contributed by atoms with van der Waals surface area (Å²) in [6.07, 6.45) is 0.562. The topological polar surface area (TPSA) is 84.9 Å². The summed E-state index contributed by atoms with van der Waals surface area (Å²) >= 11 is 0. The first-order chi connectivity index (χ1) is 9.61. The number of aliphatic carboxylic acids is 1. The molecule has 0 saturated carbocycles. The van der Waals surface area contributed by atoms with Crippen LogP contribution in [0.5, 0.6) is 11.5 Å². The average Bonchev–Trinajstić information content (AvgIpc) is 2.40. The molecule has 0 bridgehead atoms. The Morgan fingerprint density at radius 3 is 2.45 bits per heavy atom. The zero-order valence-electron chi connectivity index (χ0n) is 11.4. The molecule has 0 radical (unpaired) electrons. The minimum atomic E-state index is -0.844. The summed E-state index contributed by atoms with van der Waals surface area (Å²) in [5, 5.41) is 11.3. The number of nitrogens with one attached hydrogen (secondary N) is 1. The van der Waals surface area contributed by atoms with E-state index in [1.165, 1.54) is 0 Å². The highest BCUT2D eigenvalue weighted by Gasteiger charge is 2.05. The van der Waals surface area contributed by atoms with Crippen LogP contribution < -0.4 is 14.8 Å². The molecule has 6 heteroatoms. The molecule has 0 aromatic heterocycles. The van der Waals surface area contributed by atoms with Gasteiger partial charge in [0.05, 0.1) is 13.2 Å². The molecule has 0 aliphatic heterocycles. The zero-order chi connectivity index (χ0) is 14.8. The molecular weight excluding hydrogens is 262 g/mol. The van der Waals surface area contributed by atoms with E-state index in [9.17, 15) is 9.59 Å². The van der Waals surface area contributed by atoms with E-state index in [1.54, 1.807) is 24.3 Å². The smallest absolute Gasteiger partial charge is 0.325 e. The number of benzene rings is 1. The van der Waals surface area contributed by atoms with Gasteiger partial charge in [0, 0.05) is 6.42 Å². The molecule has 0 amide bonds. The molecule has 1 aromatic carbocycles. The normalized spacial score (nSPS) is 10.1. The lowest BCUT2D eigenvalue weighted by atomic mass is 10.3. The zero-order valence-corrected chi connectivity index (χ0v) is 11.4. The van der Waals surface area contributed by atoms with E-state index >= 15 is 0 Å². The second-order valence-electron chi connectivity index (χ2n) is 4.05. The maximum atomic E-state index is 11.5. The number of hydrogen-bond acceptors (Lipinski definition) is 5. The molecule has 1 rings (SSSR count). The Kier molecular flexibility index (Phi) is 7.13. The van der Waals surface area contributed by atoms with Gasteiger partial charge >= 0.3 is 11.9 Å². The third kappa shape index (κ3) is 6.75. The quantitative estimate of drug-likeness (QED) is 0.405. The van der Waals surface area contributed by atoms with E-state index in [4.69, 9.17) is 14.6 Å². The largest absolute Gasteiger partial charge is 0.494 e. The Balaban J connectivity index is 2.22. The van der Waals surface area contributed by atoms with Crippen molar-refractivity contribution in [2.24, 2.45) is 0 Å². The maximum absolute atomic E-state index is 11.5. The molecule has 0 heterocycles. The molecule has 0 atom stereocenters. The van der Waals surface area contributed by atoms with Gasteiger partial charge in [0.1, 0.15) is 11.5 Å². The van der Waals surface area contributed by atoms with E-state index in [-0.39, 0.29) is 13.0 Å². The number of carboxylic acids is 1. The van der Waals surface area contributed by atoms with Gasteiger partial charge in [-0.3, -0.25) is 9.59 Å². The summed E-state index contributed by atoms with van der Waals surface area (Å²) < 4.78 is 10.4. The van der Waals surface area contributed by atoms with Gasteiger partial charge in [-0.2, -0.15) is 0 Å². The van der Waals surface area contributed by atoms with Gasteiger partial charge in [-0.05, 0) is 44.2 Å². The first-order valence-electron chi connectivity index (χ1n) is 6.48. The van der Waals surface area contributed by atoms with Crippen LogP contribution in [-0.4, -0.2) is 36.7 Å². The Morgan fingerprint density at radius 1 is 1.20 bits per heavy atom. The number of esters is 1. The summed E-state index contributed by atoms with van der Waals surface area (Å²) in [5.74, 6) is -0.0851. The second-order valence-corrected chi connectivity index (χ2v) is 4.05. The van der Waals surface area contributed by atoms with Crippen molar-refractivity contribution in [1.29, 1.82) is 0 Å². The summed E-state index contributed by atoms with van der Waals surface area (Å²) in [5.41, 5.74) is 0. The van der Waals surface area contributed by atoms with Crippen molar-refractivity contribution in [1.82, 2.24) is 5.32 Å². The Bertz CT molecular complexity index is 430. The molecule has 0 fully saturated rings. The van der Waals surface area contributed by atoms with Crippen LogP contribution in [0.4, 0.5) is 0 Å². The maximum Gasteiger partial charge on any atom is 0.325 e. The number of carbonyl (C=O) groups excluding carboxylic acids is 1. The molecule has 20 heavy (non-hydrogen) atoms. The highest BCUT2D eigenvalue weighted by atomic mass is 16.5. The van der Waals surface area contributed by atoms with Gasteiger partial charge in [0.15, 0.2) is 0 Å². The van der Waals surface area contributed by atoms with E-state index in [0.717, 1.165) is 5.75 Å². The highest BCUT2D eigenvalue weighted by molar-refractivity contribution is 5.74. The fourth-order valence-electron chi connectivity index (χ4n) is 1.49. The van der Waals surface area contributed by atoms with E-state index in [1.807, 2.05) is 6.92 Å². The third-order valence-electron chi connectivity index (χ3n) is 2.38. The van der Waals surface area contributed by atoms with Crippen LogP contribution in [0.15, 0.2) is 24.3 Å². The summed E-state index contributed by atoms with van der Waals surface area (Å²) in [6, 6.07) is 6.78. The molecule has 110 valence electrons. The van der Waals surface area contributed by atoms with Crippen molar-refractivity contribution in [3.05, 3.63) is 24.3 Å². The van der Waals surface area contributed by atoms with E-state index in [0.29, 0.717) is 25.3 Å². The number of carboxylic acid groups (broad SMARTS) is 1. The minimum Gasteiger partial charge on any atom is -0.494 e. The summed E-state index contributed by atoms with van der Waals surface area (Å²) in [7, 11) is 0. The summed E-state index contributed by atoms with van der Waals surface area (Å²) in [4.78, 5) is 21.8. The van der Waals surface area contributed by atoms with E-state index in [2.05, 4.69) is 5.32 Å². The fraction of sp³-hybridized carbons (Fsp3) is 0.429. The number of rotatable bonds is 9. The molecule has 0 unspecified atom stereocenters. The molecule has 1 aromatic rings. The minimum absolute atomic E-state index is 0.0484. The van der Waals surface area contributed by atoms with Crippen LogP contribution in [0.3, 0.4) is 0 Å². The van der Waals surface area contributed by atoms with Crippen molar-refractivity contribution >= 4 is 11.9 Å². The van der Waals surface area contributed by atoms with Gasteiger partial charge in [0.25, 0.3) is 0 Å². The molecule has 0 aliphatic carbocycles. The Morgan fingerprint density at radius 2 is 1.85 bits per heavy atom. The van der Waals surface area contributed by atoms with Crippen LogP contribution in [0, 0.1) is 0 Å². The van der Waals surface area contributed by atoms with Gasteiger partial charge in [-0.25, -0.2) is 0 Å². The van der Waals surface area contributed by atoms with Crippen LogP contribution in [0.2, 0.25) is 0 Å². The average molecular weight is 281 g/mol. The molecule has 0 saturated heterocycles. The number of hydrogen-bond donors (Lipinski definition) is 2. The lowest BCUT2D eigenvalue weighted by Crippen LogP contribution is -2.27. The van der Waals surface area contributed by atoms with Crippen molar-refractivity contribution in [3.63, 3.8) is 0 Å². The van der Waals surface area contributed by atoms with Gasteiger partial charge < -0.3 is 19.9 Å². The van der Waals surface area contributed by atoms with Crippen molar-refractivity contribution < 1.29 is 24.2 Å². The van der Waals surface area contributed by atoms with Crippen molar-refractivity contribution in [2.75, 3.05) is 19.7 Å². The second kappa shape index (κ2) is 8.92. The van der Waals surface area contributed by atoms with Crippen LogP contribution in [0.25, 0.3) is 0 Å². The fourth-order valence-corrected chi connectivity index (χ4v) is 1.49. The Labute approximate surface area is 117 Å². The van der Waals surface area contributed by atoms with Gasteiger partial charge in [-0.1, -0.05) is 0 Å². The standard InChI is InChI=1S/C14H19NO5/c1-2-19-11-5-7-12(8-6-11)20-14(18)10-15-9-3-4-13(16)17/h5-8,15H,2-4,9-10H2,1H3,(H,16,17). The van der Waals surface area contributed by atoms with Crippen molar-refractivity contribution in [2.45, 2.75) is 19.8 Å². The third-order valence-corrected chi connectivity index (χ3v) is 2.38. The molecule has 0 spiro atoms. The van der Waals surface area contributed by atoms with Crippen LogP contribution in [-0.2, 0) is 9.59 Å². The lowest BCUT2D eigenvalue weighted by Gasteiger charge is -2.07. The monoisotopic (exact) mass is 281 g/mol. The molecular formula is C14H19NO5. The first-order valence-corrected chi connectivity index (χ1v) is 6.48. The summed E-state index contributed by atoms with van der Waals surface area (Å²) in [6.45, 7) is 2.99. The predicted molar refractivity (Wildman–Crippen MR) is 73.0 cm³/mol. The SMILES string of the molecule is CCOc1ccc(OC(=O)CNCCCC(=O)O)cc1. The lowest BCUT2D eigenvalue weighted by molar-refractivity contribution is -0.137. The van der Waals surface area contributed by atoms with Gasteiger partial charge in [0.2, 0.25) is 0 Å². The number of ether oxygens (including phenoxy) is 2. The molecule has 0 aliphatic rings. The Hall–Kier alpha value is -2.08. The number of carbonyl (C=O) groups is 2. The van der Waals surface area contributed by atoms with Crippen molar-refractivity contribution in [3.8, 4) is 11.5 Å². The van der Waals surface area contributed by atoms with Gasteiger partial charge in [-0.15, -0.1) is 0 Å². The van der Waals surface area contributed by atoms with Crippen LogP contribution in [0.1, 0.15) is 19.8 Å².